The monoisotopic (exact) mass is 182 g/mol. The van der Waals surface area contributed by atoms with E-state index in [1.807, 2.05) is 0 Å². The second-order valence-corrected chi connectivity index (χ2v) is 2.13. The van der Waals surface area contributed by atoms with E-state index in [9.17, 15) is 9.59 Å². The average molecular weight is 182 g/mol. The highest BCUT2D eigenvalue weighted by Crippen LogP contribution is 1.92. The minimum Gasteiger partial charge on any atom is -0.375 e. The molecule has 0 heterocycles. The van der Waals surface area contributed by atoms with Crippen LogP contribution in [0.25, 0.3) is 0 Å². The summed E-state index contributed by atoms with van der Waals surface area (Å²) in [6, 6.07) is -0.459. The summed E-state index contributed by atoms with van der Waals surface area (Å²) in [5, 5.41) is 0. The Morgan fingerprint density at radius 1 is 1.46 bits per heavy atom. The molecule has 0 aliphatic rings. The highest BCUT2D eigenvalue weighted by molar-refractivity contribution is 5.35. The zero-order valence-corrected chi connectivity index (χ0v) is 7.10. The van der Waals surface area contributed by atoms with Crippen molar-refractivity contribution in [2.75, 3.05) is 19.8 Å². The zero-order valence-electron chi connectivity index (χ0n) is 7.10. The topological polar surface area (TPSA) is 68.1 Å². The third kappa shape index (κ3) is 6.84. The van der Waals surface area contributed by atoms with Crippen LogP contribution >= 0.6 is 0 Å². The fraction of sp³-hybridized carbons (Fsp3) is 0.500. The molecule has 70 valence electrons. The Bertz CT molecular complexity index is 240. The van der Waals surface area contributed by atoms with Crippen LogP contribution in [0, 0.1) is 0 Å². The number of ether oxygens (including phenoxy) is 1. The molecular formula is C8H10N2O3. The Hall–Kier alpha value is -1.54. The van der Waals surface area contributed by atoms with Crippen LogP contribution in [-0.4, -0.2) is 38.0 Å². The summed E-state index contributed by atoms with van der Waals surface area (Å²) >= 11 is 0. The van der Waals surface area contributed by atoms with Gasteiger partial charge in [0, 0.05) is 0 Å². The third-order valence-electron chi connectivity index (χ3n) is 1.15. The molecule has 0 bridgehead atoms. The molecule has 1 atom stereocenters. The smallest absolute Gasteiger partial charge is 0.235 e. The van der Waals surface area contributed by atoms with Crippen LogP contribution < -0.4 is 0 Å². The van der Waals surface area contributed by atoms with E-state index in [1.54, 1.807) is 6.08 Å². The second kappa shape index (κ2) is 8.56. The van der Waals surface area contributed by atoms with Crippen molar-refractivity contribution in [2.24, 2.45) is 9.98 Å². The lowest BCUT2D eigenvalue weighted by molar-refractivity contribution is 0.149. The number of carbonyl (C=O) groups excluding carboxylic acids is 2. The van der Waals surface area contributed by atoms with Crippen molar-refractivity contribution in [1.82, 2.24) is 0 Å². The Morgan fingerprint density at radius 3 is 2.77 bits per heavy atom. The van der Waals surface area contributed by atoms with Gasteiger partial charge in [-0.1, -0.05) is 6.08 Å². The molecule has 0 aromatic heterocycles. The summed E-state index contributed by atoms with van der Waals surface area (Å²) < 4.78 is 5.01. The maximum Gasteiger partial charge on any atom is 0.235 e. The number of nitrogens with zero attached hydrogens (tertiary/aromatic N) is 2. The predicted octanol–water partition coefficient (Wildman–Crippen LogP) is 0.229. The van der Waals surface area contributed by atoms with E-state index >= 15 is 0 Å². The molecule has 0 aromatic carbocycles. The lowest BCUT2D eigenvalue weighted by Crippen LogP contribution is -2.16. The van der Waals surface area contributed by atoms with E-state index in [0.717, 1.165) is 0 Å². The molecule has 0 amide bonds. The van der Waals surface area contributed by atoms with Gasteiger partial charge < -0.3 is 4.74 Å². The van der Waals surface area contributed by atoms with Crippen molar-refractivity contribution >= 4 is 12.2 Å². The molecule has 13 heavy (non-hydrogen) atoms. The van der Waals surface area contributed by atoms with E-state index in [2.05, 4.69) is 16.6 Å². The number of hydrogen-bond donors (Lipinski definition) is 0. The third-order valence-corrected chi connectivity index (χ3v) is 1.15. The summed E-state index contributed by atoms with van der Waals surface area (Å²) in [5.74, 6) is 0. The average Bonchev–Trinajstić information content (AvgIpc) is 2.14. The lowest BCUT2D eigenvalue weighted by Gasteiger charge is -2.05. The van der Waals surface area contributed by atoms with Gasteiger partial charge in [0.2, 0.25) is 12.2 Å². The summed E-state index contributed by atoms with van der Waals surface area (Å²) in [6.07, 6.45) is 4.31. The van der Waals surface area contributed by atoms with Gasteiger partial charge in [-0.3, -0.25) is 0 Å². The van der Waals surface area contributed by atoms with Crippen LogP contribution in [-0.2, 0) is 14.3 Å². The van der Waals surface area contributed by atoms with Crippen LogP contribution in [0.5, 0.6) is 0 Å². The van der Waals surface area contributed by atoms with Crippen LogP contribution in [0.4, 0.5) is 0 Å². The van der Waals surface area contributed by atoms with Crippen LogP contribution in [0.2, 0.25) is 0 Å². The van der Waals surface area contributed by atoms with Crippen molar-refractivity contribution in [3.05, 3.63) is 12.7 Å². The molecule has 0 aromatic rings. The standard InChI is InChI=1S/C8H10N2O3/c1-2-3-13-5-8(10-7-12)4-9-6-11/h2,8H,1,3-5H2. The number of hydrogen-bond acceptors (Lipinski definition) is 5. The minimum absolute atomic E-state index is 0.0931. The van der Waals surface area contributed by atoms with Crippen molar-refractivity contribution in [3.63, 3.8) is 0 Å². The normalized spacial score (nSPS) is 10.8. The van der Waals surface area contributed by atoms with Gasteiger partial charge >= 0.3 is 0 Å². The molecule has 1 unspecified atom stereocenters. The van der Waals surface area contributed by atoms with Crippen molar-refractivity contribution in [2.45, 2.75) is 6.04 Å². The van der Waals surface area contributed by atoms with E-state index in [0.29, 0.717) is 6.61 Å². The Morgan fingerprint density at radius 2 is 2.23 bits per heavy atom. The molecule has 0 N–H and O–H groups in total. The molecule has 0 saturated heterocycles. The summed E-state index contributed by atoms with van der Waals surface area (Å²) in [4.78, 5) is 26.3. The summed E-state index contributed by atoms with van der Waals surface area (Å²) in [5.41, 5.74) is 0. The lowest BCUT2D eigenvalue weighted by atomic mass is 10.3. The number of isocyanates is 2. The first-order valence-electron chi connectivity index (χ1n) is 3.64. The van der Waals surface area contributed by atoms with Gasteiger partial charge in [0.25, 0.3) is 0 Å². The van der Waals surface area contributed by atoms with Gasteiger partial charge in [0.15, 0.2) is 0 Å². The molecule has 0 saturated carbocycles. The van der Waals surface area contributed by atoms with Crippen molar-refractivity contribution in [3.8, 4) is 0 Å². The molecule has 0 aliphatic carbocycles. The molecule has 5 nitrogen and oxygen atoms in total. The van der Waals surface area contributed by atoms with Gasteiger partial charge in [-0.15, -0.1) is 6.58 Å². The first kappa shape index (κ1) is 11.5. The highest BCUT2D eigenvalue weighted by atomic mass is 16.5. The largest absolute Gasteiger partial charge is 0.375 e. The fourth-order valence-corrected chi connectivity index (χ4v) is 0.635. The highest BCUT2D eigenvalue weighted by Gasteiger charge is 2.04. The first-order valence-corrected chi connectivity index (χ1v) is 3.64. The molecule has 0 fully saturated rings. The van der Waals surface area contributed by atoms with E-state index in [4.69, 9.17) is 4.74 Å². The molecule has 0 rings (SSSR count). The van der Waals surface area contributed by atoms with Crippen molar-refractivity contribution < 1.29 is 14.3 Å². The Balaban J connectivity index is 3.85. The maximum atomic E-state index is 9.90. The Labute approximate surface area is 75.8 Å². The van der Waals surface area contributed by atoms with Gasteiger partial charge in [0.05, 0.1) is 19.8 Å². The first-order chi connectivity index (χ1) is 6.35. The van der Waals surface area contributed by atoms with Gasteiger partial charge in [-0.05, 0) is 0 Å². The van der Waals surface area contributed by atoms with Crippen LogP contribution in [0.3, 0.4) is 0 Å². The quantitative estimate of drug-likeness (QED) is 0.245. The fourth-order valence-electron chi connectivity index (χ4n) is 0.635. The van der Waals surface area contributed by atoms with Gasteiger partial charge in [0.1, 0.15) is 6.04 Å². The number of rotatable bonds is 7. The Kier molecular flexibility index (Phi) is 7.54. The zero-order chi connectivity index (χ0) is 9.94. The molecular weight excluding hydrogens is 172 g/mol. The second-order valence-electron chi connectivity index (χ2n) is 2.13. The van der Waals surface area contributed by atoms with Gasteiger partial charge in [-0.25, -0.2) is 14.6 Å². The van der Waals surface area contributed by atoms with E-state index in [-0.39, 0.29) is 13.2 Å². The minimum atomic E-state index is -0.459. The molecule has 0 spiro atoms. The summed E-state index contributed by atoms with van der Waals surface area (Å²) in [7, 11) is 0. The van der Waals surface area contributed by atoms with E-state index in [1.165, 1.54) is 12.2 Å². The number of aliphatic imine (C=N–C) groups is 2. The van der Waals surface area contributed by atoms with E-state index < -0.39 is 6.04 Å². The van der Waals surface area contributed by atoms with Gasteiger partial charge in [-0.2, -0.15) is 4.99 Å². The summed E-state index contributed by atoms with van der Waals surface area (Å²) in [6.45, 7) is 4.13. The molecule has 5 heteroatoms. The van der Waals surface area contributed by atoms with Crippen LogP contribution in [0.1, 0.15) is 0 Å². The molecule has 0 radical (unpaired) electrons. The SMILES string of the molecule is C=CCOCC(CN=C=O)N=C=O. The maximum absolute atomic E-state index is 9.90. The predicted molar refractivity (Wildman–Crippen MR) is 45.9 cm³/mol. The van der Waals surface area contributed by atoms with Crippen LogP contribution in [0.15, 0.2) is 22.6 Å². The van der Waals surface area contributed by atoms with Crippen molar-refractivity contribution in [1.29, 1.82) is 0 Å². The molecule has 0 aliphatic heterocycles.